The molecule has 1 rings (SSSR count). The van der Waals surface area contributed by atoms with Crippen molar-refractivity contribution in [1.29, 1.82) is 0 Å². The van der Waals surface area contributed by atoms with E-state index in [4.69, 9.17) is 0 Å². The van der Waals surface area contributed by atoms with Crippen LogP contribution in [0.5, 0.6) is 0 Å². The topological polar surface area (TPSA) is 0 Å². The molecule has 1 aromatic rings. The van der Waals surface area contributed by atoms with Crippen LogP contribution in [0, 0.1) is 0 Å². The van der Waals surface area contributed by atoms with E-state index in [9.17, 15) is 0 Å². The van der Waals surface area contributed by atoms with Crippen molar-refractivity contribution in [3.63, 3.8) is 0 Å². The van der Waals surface area contributed by atoms with Crippen LogP contribution in [0.25, 0.3) is 0 Å². The number of rotatable bonds is 7. The Labute approximate surface area is 102 Å². The molecule has 0 spiro atoms. The van der Waals surface area contributed by atoms with Crippen molar-refractivity contribution in [3.8, 4) is 0 Å². The smallest absolute Gasteiger partial charge is 0.0751 e. The second kappa shape index (κ2) is 8.12. The van der Waals surface area contributed by atoms with E-state index in [0.29, 0.717) is 4.58 Å². The molecule has 15 heavy (non-hydrogen) atoms. The molecule has 0 fully saturated rings. The first-order chi connectivity index (χ1) is 7.38. The lowest BCUT2D eigenvalue weighted by atomic mass is 10.2. The van der Waals surface area contributed by atoms with E-state index in [1.807, 2.05) is 0 Å². The highest BCUT2D eigenvalue weighted by Gasteiger charge is 2.10. The van der Waals surface area contributed by atoms with Crippen LogP contribution in [0.4, 0.5) is 0 Å². The maximum atomic E-state index is 2.25. The molecule has 0 N–H and O–H groups in total. The van der Waals surface area contributed by atoms with Crippen LogP contribution in [-0.4, -0.2) is 11.5 Å². The van der Waals surface area contributed by atoms with Gasteiger partial charge in [0.25, 0.3) is 0 Å². The van der Waals surface area contributed by atoms with Gasteiger partial charge in [0, 0.05) is 0 Å². The standard InChI is InChI=1S/C13H20S2/c1-3-10-14-13(15-11-4-2)12-8-6-5-7-9-12/h5-9,13H,3-4,10-11H2,1-2H3. The summed E-state index contributed by atoms with van der Waals surface area (Å²) >= 11 is 4.16. The molecule has 1 aromatic carbocycles. The molecule has 0 aromatic heterocycles. The first kappa shape index (κ1) is 13.0. The number of thioether (sulfide) groups is 2. The van der Waals surface area contributed by atoms with Crippen molar-refractivity contribution in [3.05, 3.63) is 35.9 Å². The van der Waals surface area contributed by atoms with Crippen LogP contribution >= 0.6 is 23.5 Å². The molecule has 0 aliphatic heterocycles. The van der Waals surface area contributed by atoms with Gasteiger partial charge in [-0.25, -0.2) is 0 Å². The van der Waals surface area contributed by atoms with Gasteiger partial charge >= 0.3 is 0 Å². The minimum Gasteiger partial charge on any atom is -0.143 e. The first-order valence-electron chi connectivity index (χ1n) is 5.66. The molecule has 0 amide bonds. The van der Waals surface area contributed by atoms with E-state index in [-0.39, 0.29) is 0 Å². The molecular weight excluding hydrogens is 220 g/mol. The average molecular weight is 240 g/mol. The summed E-state index contributed by atoms with van der Waals surface area (Å²) in [5.74, 6) is 2.52. The van der Waals surface area contributed by atoms with Crippen molar-refractivity contribution in [2.45, 2.75) is 31.3 Å². The lowest BCUT2D eigenvalue weighted by Gasteiger charge is -2.15. The summed E-state index contributed by atoms with van der Waals surface area (Å²) in [5.41, 5.74) is 1.47. The summed E-state index contributed by atoms with van der Waals surface area (Å²) in [4.78, 5) is 0. The van der Waals surface area contributed by atoms with Crippen molar-refractivity contribution < 1.29 is 0 Å². The Bertz CT molecular complexity index is 238. The molecule has 2 heteroatoms. The molecule has 0 saturated carbocycles. The Hall–Kier alpha value is -0.0800. The van der Waals surface area contributed by atoms with Crippen molar-refractivity contribution in [2.75, 3.05) is 11.5 Å². The van der Waals surface area contributed by atoms with Gasteiger partial charge in [-0.3, -0.25) is 0 Å². The summed E-state index contributed by atoms with van der Waals surface area (Å²) in [6, 6.07) is 10.9. The molecule has 0 aliphatic carbocycles. The number of hydrogen-bond donors (Lipinski definition) is 0. The highest BCUT2D eigenvalue weighted by Crippen LogP contribution is 2.39. The highest BCUT2D eigenvalue weighted by atomic mass is 32.2. The van der Waals surface area contributed by atoms with Gasteiger partial charge in [0.15, 0.2) is 0 Å². The second-order valence-electron chi connectivity index (χ2n) is 3.48. The average Bonchev–Trinajstić information content (AvgIpc) is 2.30. The van der Waals surface area contributed by atoms with Gasteiger partial charge in [-0.15, -0.1) is 23.5 Å². The van der Waals surface area contributed by atoms with Gasteiger partial charge < -0.3 is 0 Å². The molecule has 0 bridgehead atoms. The maximum Gasteiger partial charge on any atom is 0.0751 e. The number of benzene rings is 1. The highest BCUT2D eigenvalue weighted by molar-refractivity contribution is 8.16. The fraction of sp³-hybridized carbons (Fsp3) is 0.538. The van der Waals surface area contributed by atoms with E-state index in [1.54, 1.807) is 0 Å². The fourth-order valence-electron chi connectivity index (χ4n) is 1.30. The van der Waals surface area contributed by atoms with E-state index in [2.05, 4.69) is 67.7 Å². The van der Waals surface area contributed by atoms with E-state index >= 15 is 0 Å². The molecule has 0 nitrogen and oxygen atoms in total. The normalized spacial score (nSPS) is 10.9. The quantitative estimate of drug-likeness (QED) is 0.617. The summed E-state index contributed by atoms with van der Waals surface area (Å²) < 4.78 is 0.631. The third-order valence-corrected chi connectivity index (χ3v) is 5.27. The first-order valence-corrected chi connectivity index (χ1v) is 7.76. The zero-order chi connectivity index (χ0) is 10.9. The van der Waals surface area contributed by atoms with Crippen LogP contribution in [-0.2, 0) is 0 Å². The van der Waals surface area contributed by atoms with E-state index in [0.717, 1.165) is 0 Å². The SMILES string of the molecule is CCCSC(SCCC)c1ccccc1. The molecular formula is C13H20S2. The van der Waals surface area contributed by atoms with Crippen LogP contribution in [0.15, 0.2) is 30.3 Å². The lowest BCUT2D eigenvalue weighted by molar-refractivity contribution is 1.09. The Kier molecular flexibility index (Phi) is 7.03. The minimum absolute atomic E-state index is 0.631. The monoisotopic (exact) mass is 240 g/mol. The van der Waals surface area contributed by atoms with Gasteiger partial charge in [0.2, 0.25) is 0 Å². The molecule has 0 unspecified atom stereocenters. The summed E-state index contributed by atoms with van der Waals surface area (Å²) in [5, 5.41) is 0. The van der Waals surface area contributed by atoms with Crippen molar-refractivity contribution in [2.24, 2.45) is 0 Å². The third kappa shape index (κ3) is 4.98. The molecule has 0 aliphatic rings. The molecule has 0 heterocycles. The Balaban J connectivity index is 2.55. The lowest BCUT2D eigenvalue weighted by Crippen LogP contribution is -1.92. The van der Waals surface area contributed by atoms with Crippen LogP contribution < -0.4 is 0 Å². The van der Waals surface area contributed by atoms with Gasteiger partial charge in [-0.1, -0.05) is 44.2 Å². The van der Waals surface area contributed by atoms with Crippen LogP contribution in [0.3, 0.4) is 0 Å². The number of hydrogen-bond acceptors (Lipinski definition) is 2. The maximum absolute atomic E-state index is 2.25. The molecule has 0 saturated heterocycles. The van der Waals surface area contributed by atoms with Crippen molar-refractivity contribution >= 4 is 23.5 Å². The zero-order valence-electron chi connectivity index (χ0n) is 9.61. The van der Waals surface area contributed by atoms with E-state index in [1.165, 1.54) is 29.9 Å². The molecule has 84 valence electrons. The van der Waals surface area contributed by atoms with Gasteiger partial charge in [-0.05, 0) is 29.9 Å². The van der Waals surface area contributed by atoms with Gasteiger partial charge in [-0.2, -0.15) is 0 Å². The molecule has 0 atom stereocenters. The molecule has 0 radical (unpaired) electrons. The predicted octanol–water partition coefficient (Wildman–Crippen LogP) is 4.97. The summed E-state index contributed by atoms with van der Waals surface area (Å²) in [6.45, 7) is 4.50. The Morgan fingerprint density at radius 2 is 1.47 bits per heavy atom. The Morgan fingerprint density at radius 3 is 1.93 bits per heavy atom. The second-order valence-corrected chi connectivity index (χ2v) is 6.21. The van der Waals surface area contributed by atoms with Crippen molar-refractivity contribution in [1.82, 2.24) is 0 Å². The summed E-state index contributed by atoms with van der Waals surface area (Å²) in [6.07, 6.45) is 2.53. The zero-order valence-corrected chi connectivity index (χ0v) is 11.2. The van der Waals surface area contributed by atoms with Crippen LogP contribution in [0.2, 0.25) is 0 Å². The third-order valence-electron chi connectivity index (χ3n) is 2.02. The summed E-state index contributed by atoms with van der Waals surface area (Å²) in [7, 11) is 0. The van der Waals surface area contributed by atoms with E-state index < -0.39 is 0 Å². The van der Waals surface area contributed by atoms with Crippen LogP contribution in [0.1, 0.15) is 36.8 Å². The van der Waals surface area contributed by atoms with Gasteiger partial charge in [0.1, 0.15) is 0 Å². The largest absolute Gasteiger partial charge is 0.143 e. The minimum atomic E-state index is 0.631. The van der Waals surface area contributed by atoms with Gasteiger partial charge in [0.05, 0.1) is 4.58 Å². The Morgan fingerprint density at radius 1 is 0.933 bits per heavy atom. The predicted molar refractivity (Wildman–Crippen MR) is 74.7 cm³/mol. The fourth-order valence-corrected chi connectivity index (χ4v) is 3.86.